The van der Waals surface area contributed by atoms with Crippen molar-refractivity contribution in [3.8, 4) is 17.2 Å². The molecule has 3 heterocycles. The number of hydrogen-bond acceptors (Lipinski definition) is 6. The maximum Gasteiger partial charge on any atom is 0.339 e. The summed E-state index contributed by atoms with van der Waals surface area (Å²) in [6.45, 7) is 4.30. The Hall–Kier alpha value is -2.99. The molecule has 29 heavy (non-hydrogen) atoms. The smallest absolute Gasteiger partial charge is 0.339 e. The lowest BCUT2D eigenvalue weighted by atomic mass is 9.99. The molecule has 0 bridgehead atoms. The summed E-state index contributed by atoms with van der Waals surface area (Å²) in [5, 5.41) is 1.07. The van der Waals surface area contributed by atoms with Crippen molar-refractivity contribution in [3.05, 3.63) is 62.5 Å². The lowest BCUT2D eigenvalue weighted by Gasteiger charge is -2.30. The van der Waals surface area contributed by atoms with Gasteiger partial charge in [0.2, 0.25) is 6.79 Å². The molecule has 0 radical (unpaired) electrons. The molecule has 6 heteroatoms. The Morgan fingerprint density at radius 2 is 1.90 bits per heavy atom. The molecule has 3 aliphatic rings. The van der Waals surface area contributed by atoms with E-state index < -0.39 is 0 Å². The van der Waals surface area contributed by atoms with Crippen LogP contribution in [0, 0.1) is 6.92 Å². The van der Waals surface area contributed by atoms with Gasteiger partial charge in [0.15, 0.2) is 11.5 Å². The number of benzene rings is 2. The number of rotatable bonds is 2. The molecule has 2 aliphatic heterocycles. The summed E-state index contributed by atoms with van der Waals surface area (Å²) in [7, 11) is 0. The monoisotopic (exact) mass is 391 g/mol. The number of ether oxygens (including phenoxy) is 3. The van der Waals surface area contributed by atoms with Gasteiger partial charge in [0.25, 0.3) is 0 Å². The van der Waals surface area contributed by atoms with Gasteiger partial charge in [0.1, 0.15) is 18.1 Å². The molecule has 3 aromatic rings. The summed E-state index contributed by atoms with van der Waals surface area (Å²) in [6, 6.07) is 8.22. The van der Waals surface area contributed by atoms with Crippen molar-refractivity contribution in [1.29, 1.82) is 0 Å². The third-order valence-corrected chi connectivity index (χ3v) is 6.15. The molecule has 0 unspecified atom stereocenters. The molecule has 148 valence electrons. The van der Waals surface area contributed by atoms with E-state index in [9.17, 15) is 4.79 Å². The second-order valence-electron chi connectivity index (χ2n) is 8.01. The molecular formula is C23H21NO5. The number of aryl methyl sites for hydroxylation is 2. The molecule has 6 rings (SSSR count). The zero-order chi connectivity index (χ0) is 19.5. The van der Waals surface area contributed by atoms with E-state index >= 15 is 0 Å². The van der Waals surface area contributed by atoms with Crippen LogP contribution in [-0.4, -0.2) is 18.4 Å². The Morgan fingerprint density at radius 1 is 1.03 bits per heavy atom. The molecule has 0 N–H and O–H groups in total. The minimum Gasteiger partial charge on any atom is -0.477 e. The molecular weight excluding hydrogens is 370 g/mol. The number of fused-ring (bicyclic) bond motifs is 5. The topological polar surface area (TPSA) is 61.1 Å². The Bertz CT molecular complexity index is 1210. The largest absolute Gasteiger partial charge is 0.477 e. The third kappa shape index (κ3) is 2.63. The van der Waals surface area contributed by atoms with Crippen molar-refractivity contribution in [2.24, 2.45) is 0 Å². The standard InChI is InChI=1S/C23H21NO5/c1-13-21-15(8-18-16-3-2-4-17(16)23(25)29-22(13)18)10-24(11-26-21)9-14-5-6-19-20(7-14)28-12-27-19/h5-8H,2-4,9-12H2,1H3. The van der Waals surface area contributed by atoms with E-state index in [0.717, 1.165) is 82.8 Å². The second kappa shape index (κ2) is 6.26. The van der Waals surface area contributed by atoms with Crippen LogP contribution in [0.5, 0.6) is 17.2 Å². The zero-order valence-corrected chi connectivity index (χ0v) is 16.2. The van der Waals surface area contributed by atoms with E-state index in [1.807, 2.05) is 19.1 Å². The van der Waals surface area contributed by atoms with Crippen molar-refractivity contribution < 1.29 is 18.6 Å². The van der Waals surface area contributed by atoms with Crippen molar-refractivity contribution in [2.45, 2.75) is 39.3 Å². The Labute approximate surface area is 167 Å². The first-order valence-electron chi connectivity index (χ1n) is 10.0. The maximum atomic E-state index is 12.3. The summed E-state index contributed by atoms with van der Waals surface area (Å²) >= 11 is 0. The molecule has 0 amide bonds. The van der Waals surface area contributed by atoms with Gasteiger partial charge in [-0.05, 0) is 55.5 Å². The molecule has 2 aromatic carbocycles. The van der Waals surface area contributed by atoms with E-state index in [1.165, 1.54) is 0 Å². The summed E-state index contributed by atoms with van der Waals surface area (Å²) in [6.07, 6.45) is 2.77. The van der Waals surface area contributed by atoms with Gasteiger partial charge in [0, 0.05) is 35.2 Å². The van der Waals surface area contributed by atoms with Gasteiger partial charge in [-0.3, -0.25) is 4.90 Å². The fraction of sp³-hybridized carbons (Fsp3) is 0.348. The third-order valence-electron chi connectivity index (χ3n) is 6.15. The second-order valence-corrected chi connectivity index (χ2v) is 8.01. The van der Waals surface area contributed by atoms with Crippen LogP contribution in [0.2, 0.25) is 0 Å². The highest BCUT2D eigenvalue weighted by atomic mass is 16.7. The molecule has 1 aromatic heterocycles. The Balaban J connectivity index is 1.35. The maximum absolute atomic E-state index is 12.3. The first-order valence-corrected chi connectivity index (χ1v) is 10.0. The summed E-state index contributed by atoms with van der Waals surface area (Å²) in [5.74, 6) is 2.44. The predicted octanol–water partition coefficient (Wildman–Crippen LogP) is 3.67. The minimum atomic E-state index is -0.187. The highest BCUT2D eigenvalue weighted by molar-refractivity contribution is 5.87. The zero-order valence-electron chi connectivity index (χ0n) is 16.2. The Kier molecular flexibility index (Phi) is 3.65. The average Bonchev–Trinajstić information content (AvgIpc) is 3.38. The molecule has 0 atom stereocenters. The van der Waals surface area contributed by atoms with Gasteiger partial charge in [-0.25, -0.2) is 4.79 Å². The van der Waals surface area contributed by atoms with Crippen LogP contribution >= 0.6 is 0 Å². The van der Waals surface area contributed by atoms with Gasteiger partial charge >= 0.3 is 5.63 Å². The highest BCUT2D eigenvalue weighted by Gasteiger charge is 2.26. The first kappa shape index (κ1) is 16.9. The SMILES string of the molecule is Cc1c2c(cc3c4c(c(=O)oc13)CCC4)CN(Cc1ccc3c(c1)OCO3)CO2. The summed E-state index contributed by atoms with van der Waals surface area (Å²) in [4.78, 5) is 14.6. The lowest BCUT2D eigenvalue weighted by molar-refractivity contribution is 0.0880. The molecule has 0 saturated heterocycles. The number of nitrogens with zero attached hydrogens (tertiary/aromatic N) is 1. The number of hydrogen-bond donors (Lipinski definition) is 0. The summed E-state index contributed by atoms with van der Waals surface area (Å²) in [5.41, 5.74) is 5.73. The van der Waals surface area contributed by atoms with Gasteiger partial charge in [-0.1, -0.05) is 6.07 Å². The van der Waals surface area contributed by atoms with Crippen LogP contribution in [-0.2, 0) is 25.9 Å². The van der Waals surface area contributed by atoms with E-state index in [2.05, 4.69) is 17.0 Å². The summed E-state index contributed by atoms with van der Waals surface area (Å²) < 4.78 is 22.7. The van der Waals surface area contributed by atoms with Gasteiger partial charge in [-0.2, -0.15) is 0 Å². The first-order chi connectivity index (χ1) is 14.2. The lowest BCUT2D eigenvalue weighted by Crippen LogP contribution is -2.32. The van der Waals surface area contributed by atoms with E-state index in [1.54, 1.807) is 0 Å². The van der Waals surface area contributed by atoms with Crippen LogP contribution in [0.15, 0.2) is 33.5 Å². The molecule has 0 fully saturated rings. The van der Waals surface area contributed by atoms with Crippen molar-refractivity contribution in [3.63, 3.8) is 0 Å². The van der Waals surface area contributed by atoms with Crippen molar-refractivity contribution in [1.82, 2.24) is 4.90 Å². The van der Waals surface area contributed by atoms with Crippen molar-refractivity contribution >= 4 is 11.0 Å². The van der Waals surface area contributed by atoms with Crippen LogP contribution in [0.4, 0.5) is 0 Å². The molecule has 0 saturated carbocycles. The van der Waals surface area contributed by atoms with E-state index in [0.29, 0.717) is 12.3 Å². The van der Waals surface area contributed by atoms with E-state index in [-0.39, 0.29) is 12.4 Å². The van der Waals surface area contributed by atoms with Crippen molar-refractivity contribution in [2.75, 3.05) is 13.5 Å². The quantitative estimate of drug-likeness (QED) is 0.621. The van der Waals surface area contributed by atoms with Crippen LogP contribution in [0.25, 0.3) is 11.0 Å². The predicted molar refractivity (Wildman–Crippen MR) is 107 cm³/mol. The van der Waals surface area contributed by atoms with Crippen LogP contribution in [0.3, 0.4) is 0 Å². The van der Waals surface area contributed by atoms with Gasteiger partial charge in [-0.15, -0.1) is 0 Å². The fourth-order valence-corrected chi connectivity index (χ4v) is 4.79. The minimum absolute atomic E-state index is 0.187. The molecule has 0 spiro atoms. The average molecular weight is 391 g/mol. The van der Waals surface area contributed by atoms with Gasteiger partial charge < -0.3 is 18.6 Å². The molecule has 1 aliphatic carbocycles. The van der Waals surface area contributed by atoms with E-state index in [4.69, 9.17) is 18.6 Å². The fourth-order valence-electron chi connectivity index (χ4n) is 4.79. The van der Waals surface area contributed by atoms with Gasteiger partial charge in [0.05, 0.1) is 0 Å². The molecule has 6 nitrogen and oxygen atoms in total. The Morgan fingerprint density at radius 3 is 2.83 bits per heavy atom. The van der Waals surface area contributed by atoms with Crippen LogP contribution < -0.4 is 19.8 Å². The highest BCUT2D eigenvalue weighted by Crippen LogP contribution is 2.39. The normalized spacial score (nSPS) is 17.3. The van der Waals surface area contributed by atoms with Crippen LogP contribution in [0.1, 0.15) is 34.2 Å².